The summed E-state index contributed by atoms with van der Waals surface area (Å²) in [5, 5.41) is 12.7. The Kier molecular flexibility index (Phi) is 3.93. The number of halogens is 2. The number of carbonyl (C=O) groups is 1. The van der Waals surface area contributed by atoms with Crippen molar-refractivity contribution >= 4 is 5.91 Å². The molecule has 114 valence electrons. The molecule has 0 saturated heterocycles. The highest BCUT2D eigenvalue weighted by atomic mass is 19.1. The van der Waals surface area contributed by atoms with Crippen LogP contribution in [0.4, 0.5) is 8.78 Å². The van der Waals surface area contributed by atoms with Gasteiger partial charge in [-0.05, 0) is 36.8 Å². The summed E-state index contributed by atoms with van der Waals surface area (Å²) >= 11 is 0. The van der Waals surface area contributed by atoms with Crippen molar-refractivity contribution in [3.8, 4) is 0 Å². The molecule has 0 radical (unpaired) electrons. The van der Waals surface area contributed by atoms with E-state index < -0.39 is 17.7 Å². The van der Waals surface area contributed by atoms with Crippen LogP contribution >= 0.6 is 0 Å². The molecule has 4 atom stereocenters. The Morgan fingerprint density at radius 1 is 1.24 bits per heavy atom. The van der Waals surface area contributed by atoms with Crippen molar-refractivity contribution in [2.45, 2.75) is 50.2 Å². The van der Waals surface area contributed by atoms with Crippen molar-refractivity contribution in [3.05, 3.63) is 35.4 Å². The summed E-state index contributed by atoms with van der Waals surface area (Å²) in [5.41, 5.74) is 0.403. The van der Waals surface area contributed by atoms with Gasteiger partial charge >= 0.3 is 0 Å². The number of carbonyl (C=O) groups excluding carboxylic acids is 1. The number of benzene rings is 1. The first-order valence-corrected chi connectivity index (χ1v) is 7.49. The van der Waals surface area contributed by atoms with Gasteiger partial charge in [0.05, 0.1) is 12.1 Å². The van der Waals surface area contributed by atoms with Crippen LogP contribution in [-0.4, -0.2) is 23.2 Å². The molecule has 4 unspecified atom stereocenters. The van der Waals surface area contributed by atoms with Crippen LogP contribution in [0.2, 0.25) is 0 Å². The Morgan fingerprint density at radius 2 is 2.00 bits per heavy atom. The van der Waals surface area contributed by atoms with Gasteiger partial charge in [-0.25, -0.2) is 8.78 Å². The van der Waals surface area contributed by atoms with Crippen molar-refractivity contribution in [3.63, 3.8) is 0 Å². The number of nitrogens with one attached hydrogen (secondary N) is 1. The standard InChI is InChI=1S/C16H19F2NO2/c17-9-5-6-10(13(18)7-9)11-8-12(11)16(21)19-14-3-1-2-4-15(14)20/h5-7,11-12,14-15,20H,1-4,8H2,(H,19,21). The molecule has 21 heavy (non-hydrogen) atoms. The van der Waals surface area contributed by atoms with Gasteiger partial charge in [0, 0.05) is 12.0 Å². The van der Waals surface area contributed by atoms with E-state index in [1.54, 1.807) is 0 Å². The number of hydrogen-bond acceptors (Lipinski definition) is 2. The van der Waals surface area contributed by atoms with Crippen molar-refractivity contribution in [2.75, 3.05) is 0 Å². The summed E-state index contributed by atoms with van der Waals surface area (Å²) in [7, 11) is 0. The van der Waals surface area contributed by atoms with Crippen LogP contribution in [-0.2, 0) is 4.79 Å². The number of aliphatic hydroxyl groups is 1. The average molecular weight is 295 g/mol. The summed E-state index contributed by atoms with van der Waals surface area (Å²) in [6, 6.07) is 3.30. The molecule has 3 rings (SSSR count). The van der Waals surface area contributed by atoms with E-state index in [0.717, 1.165) is 25.3 Å². The number of amides is 1. The maximum absolute atomic E-state index is 13.7. The predicted octanol–water partition coefficient (Wildman–Crippen LogP) is 2.49. The molecular weight excluding hydrogens is 276 g/mol. The molecule has 0 aromatic heterocycles. The molecule has 2 fully saturated rings. The molecular formula is C16H19F2NO2. The van der Waals surface area contributed by atoms with Crippen LogP contribution in [0.25, 0.3) is 0 Å². The van der Waals surface area contributed by atoms with Crippen LogP contribution in [0.3, 0.4) is 0 Å². The Balaban J connectivity index is 1.60. The molecule has 5 heteroatoms. The first-order chi connectivity index (χ1) is 10.1. The zero-order valence-electron chi connectivity index (χ0n) is 11.7. The zero-order valence-corrected chi connectivity index (χ0v) is 11.7. The maximum atomic E-state index is 13.7. The smallest absolute Gasteiger partial charge is 0.224 e. The third kappa shape index (κ3) is 3.07. The third-order valence-corrected chi connectivity index (χ3v) is 4.55. The fraction of sp³-hybridized carbons (Fsp3) is 0.562. The van der Waals surface area contributed by atoms with Crippen LogP contribution in [0.5, 0.6) is 0 Å². The summed E-state index contributed by atoms with van der Waals surface area (Å²) < 4.78 is 26.6. The largest absolute Gasteiger partial charge is 0.391 e. The van der Waals surface area contributed by atoms with Gasteiger partial charge in [0.25, 0.3) is 0 Å². The van der Waals surface area contributed by atoms with Gasteiger partial charge in [0.1, 0.15) is 11.6 Å². The van der Waals surface area contributed by atoms with E-state index in [2.05, 4.69) is 5.32 Å². The fourth-order valence-corrected chi connectivity index (χ4v) is 3.20. The van der Waals surface area contributed by atoms with Crippen LogP contribution < -0.4 is 5.32 Å². The van der Waals surface area contributed by atoms with Crippen molar-refractivity contribution in [1.82, 2.24) is 5.32 Å². The summed E-state index contributed by atoms with van der Waals surface area (Å²) in [6.07, 6.45) is 3.59. The number of aliphatic hydroxyl groups excluding tert-OH is 1. The molecule has 2 aliphatic carbocycles. The topological polar surface area (TPSA) is 49.3 Å². The highest BCUT2D eigenvalue weighted by Crippen LogP contribution is 2.48. The first-order valence-electron chi connectivity index (χ1n) is 7.49. The second kappa shape index (κ2) is 5.72. The van der Waals surface area contributed by atoms with E-state index in [1.165, 1.54) is 12.1 Å². The molecule has 0 spiro atoms. The predicted molar refractivity (Wildman–Crippen MR) is 73.6 cm³/mol. The van der Waals surface area contributed by atoms with Gasteiger partial charge in [-0.1, -0.05) is 18.9 Å². The van der Waals surface area contributed by atoms with E-state index in [9.17, 15) is 18.7 Å². The van der Waals surface area contributed by atoms with Gasteiger partial charge in [0.2, 0.25) is 5.91 Å². The van der Waals surface area contributed by atoms with Crippen molar-refractivity contribution < 1.29 is 18.7 Å². The van der Waals surface area contributed by atoms with Gasteiger partial charge < -0.3 is 10.4 Å². The van der Waals surface area contributed by atoms with Crippen LogP contribution in [0.15, 0.2) is 18.2 Å². The molecule has 2 saturated carbocycles. The minimum Gasteiger partial charge on any atom is -0.391 e. The van der Waals surface area contributed by atoms with E-state index in [0.29, 0.717) is 18.4 Å². The maximum Gasteiger partial charge on any atom is 0.224 e. The van der Waals surface area contributed by atoms with E-state index >= 15 is 0 Å². The second-order valence-electron chi connectivity index (χ2n) is 6.08. The second-order valence-corrected chi connectivity index (χ2v) is 6.08. The molecule has 1 amide bonds. The van der Waals surface area contributed by atoms with Crippen molar-refractivity contribution in [1.29, 1.82) is 0 Å². The third-order valence-electron chi connectivity index (χ3n) is 4.55. The lowest BCUT2D eigenvalue weighted by molar-refractivity contribution is -0.124. The van der Waals surface area contributed by atoms with E-state index in [1.807, 2.05) is 0 Å². The van der Waals surface area contributed by atoms with Gasteiger partial charge in [-0.2, -0.15) is 0 Å². The lowest BCUT2D eigenvalue weighted by atomic mass is 9.92. The van der Waals surface area contributed by atoms with Gasteiger partial charge in [-0.3, -0.25) is 4.79 Å². The van der Waals surface area contributed by atoms with Crippen LogP contribution in [0, 0.1) is 17.6 Å². The monoisotopic (exact) mass is 295 g/mol. The lowest BCUT2D eigenvalue weighted by Gasteiger charge is -2.28. The summed E-state index contributed by atoms with van der Waals surface area (Å²) in [4.78, 5) is 12.2. The Morgan fingerprint density at radius 3 is 2.71 bits per heavy atom. The summed E-state index contributed by atoms with van der Waals surface area (Å²) in [6.45, 7) is 0. The first kappa shape index (κ1) is 14.4. The molecule has 1 aromatic rings. The molecule has 2 aliphatic rings. The average Bonchev–Trinajstić information content (AvgIpc) is 3.21. The normalized spacial score (nSPS) is 31.8. The fourth-order valence-electron chi connectivity index (χ4n) is 3.20. The SMILES string of the molecule is O=C(NC1CCCCC1O)C1CC1c1ccc(F)cc1F. The quantitative estimate of drug-likeness (QED) is 0.900. The highest BCUT2D eigenvalue weighted by Gasteiger charge is 2.46. The molecule has 0 bridgehead atoms. The molecule has 3 nitrogen and oxygen atoms in total. The number of rotatable bonds is 3. The van der Waals surface area contributed by atoms with E-state index in [-0.39, 0.29) is 23.8 Å². The van der Waals surface area contributed by atoms with E-state index in [4.69, 9.17) is 0 Å². The van der Waals surface area contributed by atoms with Gasteiger partial charge in [-0.15, -0.1) is 0 Å². The Hall–Kier alpha value is -1.49. The highest BCUT2D eigenvalue weighted by molar-refractivity contribution is 5.83. The molecule has 0 aliphatic heterocycles. The Bertz CT molecular complexity index is 549. The molecule has 1 aromatic carbocycles. The Labute approximate surface area is 122 Å². The lowest BCUT2D eigenvalue weighted by Crippen LogP contribution is -2.45. The molecule has 2 N–H and O–H groups in total. The minimum absolute atomic E-state index is 0.130. The summed E-state index contributed by atoms with van der Waals surface area (Å²) in [5.74, 6) is -1.77. The van der Waals surface area contributed by atoms with Crippen LogP contribution in [0.1, 0.15) is 43.6 Å². The van der Waals surface area contributed by atoms with Gasteiger partial charge in [0.15, 0.2) is 0 Å². The minimum atomic E-state index is -0.608. The van der Waals surface area contributed by atoms with Crippen molar-refractivity contribution in [2.24, 2.45) is 5.92 Å². The zero-order chi connectivity index (χ0) is 15.0. The number of hydrogen-bond donors (Lipinski definition) is 2. The molecule has 0 heterocycles.